The molecule has 0 N–H and O–H groups in total. The summed E-state index contributed by atoms with van der Waals surface area (Å²) in [6, 6.07) is 14.2. The van der Waals surface area contributed by atoms with Crippen LogP contribution in [0.15, 0.2) is 41.5 Å². The molecule has 2 aliphatic heterocycles. The summed E-state index contributed by atoms with van der Waals surface area (Å²) in [7, 11) is 0. The van der Waals surface area contributed by atoms with Gasteiger partial charge in [-0.2, -0.15) is 5.10 Å². The number of hydrazone groups is 1. The van der Waals surface area contributed by atoms with Crippen molar-refractivity contribution in [1.29, 1.82) is 0 Å². The maximum absolute atomic E-state index is 4.98. The van der Waals surface area contributed by atoms with Crippen LogP contribution in [0.2, 0.25) is 0 Å². The molecule has 136 valence electrons. The molecule has 0 unspecified atom stereocenters. The fourth-order valence-corrected chi connectivity index (χ4v) is 3.79. The first-order valence-corrected chi connectivity index (χ1v) is 9.78. The molecule has 0 atom stereocenters. The summed E-state index contributed by atoms with van der Waals surface area (Å²) in [4.78, 5) is 2.38. The molecule has 0 aliphatic carbocycles. The predicted octanol–water partition coefficient (Wildman–Crippen LogP) is 5.76. The Labute approximate surface area is 157 Å². The number of rotatable bonds is 3. The lowest BCUT2D eigenvalue weighted by Crippen LogP contribution is -2.36. The number of anilines is 1. The van der Waals surface area contributed by atoms with Crippen LogP contribution in [0.25, 0.3) is 11.1 Å². The van der Waals surface area contributed by atoms with Gasteiger partial charge in [0.25, 0.3) is 0 Å². The van der Waals surface area contributed by atoms with Gasteiger partial charge in [-0.3, -0.25) is 5.01 Å². The van der Waals surface area contributed by atoms with E-state index in [1.807, 2.05) is 0 Å². The zero-order valence-electron chi connectivity index (χ0n) is 16.7. The van der Waals surface area contributed by atoms with Crippen LogP contribution in [0.1, 0.15) is 70.1 Å². The van der Waals surface area contributed by atoms with Gasteiger partial charge in [0.15, 0.2) is 5.84 Å². The first kappa shape index (κ1) is 17.1. The topological polar surface area (TPSA) is 18.8 Å². The minimum atomic E-state index is 0.392. The summed E-state index contributed by atoms with van der Waals surface area (Å²) in [6.45, 7) is 14.3. The summed E-state index contributed by atoms with van der Waals surface area (Å²) >= 11 is 0. The van der Waals surface area contributed by atoms with Gasteiger partial charge in [-0.25, -0.2) is 0 Å². The van der Waals surface area contributed by atoms with Crippen molar-refractivity contribution < 1.29 is 0 Å². The molecule has 3 heteroatoms. The average molecular weight is 348 g/mol. The molecular formula is C23H29N3. The van der Waals surface area contributed by atoms with E-state index in [0.717, 1.165) is 12.5 Å². The third-order valence-electron chi connectivity index (χ3n) is 5.58. The van der Waals surface area contributed by atoms with E-state index in [0.29, 0.717) is 17.9 Å². The van der Waals surface area contributed by atoms with Crippen LogP contribution in [0.5, 0.6) is 0 Å². The molecule has 2 aromatic carbocycles. The standard InChI is InChI=1S/C23H29N3/c1-14(2)17-7-9-19-20-11-18(15(3)4)8-10-22(20)25-13-26(16(5)6)24-23(25)21(19)12-17/h7-12,14-16H,13H2,1-6H3. The molecule has 0 bridgehead atoms. The molecule has 26 heavy (non-hydrogen) atoms. The molecule has 0 aromatic heterocycles. The van der Waals surface area contributed by atoms with E-state index >= 15 is 0 Å². The highest BCUT2D eigenvalue weighted by Crippen LogP contribution is 2.43. The number of nitrogens with zero attached hydrogens (tertiary/aromatic N) is 3. The van der Waals surface area contributed by atoms with Crippen LogP contribution < -0.4 is 4.90 Å². The van der Waals surface area contributed by atoms with Crippen molar-refractivity contribution >= 4 is 11.5 Å². The van der Waals surface area contributed by atoms with Gasteiger partial charge in [-0.1, -0.05) is 45.9 Å². The molecule has 2 aliphatic rings. The Bertz CT molecular complexity index is 877. The van der Waals surface area contributed by atoms with Gasteiger partial charge >= 0.3 is 0 Å². The summed E-state index contributed by atoms with van der Waals surface area (Å²) in [5.41, 5.74) is 7.97. The van der Waals surface area contributed by atoms with Crippen molar-refractivity contribution in [2.45, 2.75) is 59.4 Å². The van der Waals surface area contributed by atoms with Gasteiger partial charge in [0.05, 0.1) is 5.69 Å². The number of hydrogen-bond donors (Lipinski definition) is 0. The van der Waals surface area contributed by atoms with E-state index in [1.165, 1.54) is 33.5 Å². The highest BCUT2D eigenvalue weighted by atomic mass is 15.6. The zero-order chi connectivity index (χ0) is 18.6. The Kier molecular flexibility index (Phi) is 4.06. The summed E-state index contributed by atoms with van der Waals surface area (Å²) < 4.78 is 0. The van der Waals surface area contributed by atoms with Crippen LogP contribution in [0, 0.1) is 0 Å². The molecule has 3 nitrogen and oxygen atoms in total. The Balaban J connectivity index is 1.95. The van der Waals surface area contributed by atoms with Crippen LogP contribution in [0.3, 0.4) is 0 Å². The second-order valence-corrected chi connectivity index (χ2v) is 8.42. The molecule has 0 saturated carbocycles. The SMILES string of the molecule is CC(C)c1ccc2c(c1)C1=NN(C(C)C)CN1c1ccc(C(C)C)cc1-2. The Morgan fingerprint density at radius 1 is 0.769 bits per heavy atom. The average Bonchev–Trinajstić information content (AvgIpc) is 3.07. The molecule has 2 aromatic rings. The second kappa shape index (κ2) is 6.15. The van der Waals surface area contributed by atoms with Crippen LogP contribution >= 0.6 is 0 Å². The smallest absolute Gasteiger partial charge is 0.162 e. The van der Waals surface area contributed by atoms with E-state index in [9.17, 15) is 0 Å². The quantitative estimate of drug-likeness (QED) is 0.702. The van der Waals surface area contributed by atoms with Gasteiger partial charge in [0, 0.05) is 17.2 Å². The van der Waals surface area contributed by atoms with E-state index in [-0.39, 0.29) is 0 Å². The van der Waals surface area contributed by atoms with Gasteiger partial charge in [-0.05, 0) is 60.6 Å². The van der Waals surface area contributed by atoms with Gasteiger partial charge in [0.2, 0.25) is 0 Å². The second-order valence-electron chi connectivity index (χ2n) is 8.42. The van der Waals surface area contributed by atoms with Crippen molar-refractivity contribution in [3.63, 3.8) is 0 Å². The fourth-order valence-electron chi connectivity index (χ4n) is 3.79. The van der Waals surface area contributed by atoms with E-state index in [1.54, 1.807) is 0 Å². The normalized spacial score (nSPS) is 15.5. The van der Waals surface area contributed by atoms with Crippen LogP contribution in [0.4, 0.5) is 5.69 Å². The Morgan fingerprint density at radius 3 is 2.00 bits per heavy atom. The van der Waals surface area contributed by atoms with E-state index < -0.39 is 0 Å². The van der Waals surface area contributed by atoms with E-state index in [2.05, 4.69) is 87.8 Å². The van der Waals surface area contributed by atoms with Crippen LogP contribution in [-0.4, -0.2) is 23.6 Å². The largest absolute Gasteiger partial charge is 0.304 e. The maximum Gasteiger partial charge on any atom is 0.162 e. The molecule has 0 saturated heterocycles. The molecule has 2 heterocycles. The lowest BCUT2D eigenvalue weighted by Gasteiger charge is -2.31. The monoisotopic (exact) mass is 347 g/mol. The van der Waals surface area contributed by atoms with Crippen molar-refractivity contribution in [1.82, 2.24) is 5.01 Å². The maximum atomic E-state index is 4.98. The van der Waals surface area contributed by atoms with Crippen molar-refractivity contribution in [2.24, 2.45) is 5.10 Å². The molecule has 0 radical (unpaired) electrons. The lowest BCUT2D eigenvalue weighted by atomic mass is 9.87. The third-order valence-corrected chi connectivity index (χ3v) is 5.58. The predicted molar refractivity (Wildman–Crippen MR) is 111 cm³/mol. The van der Waals surface area contributed by atoms with E-state index in [4.69, 9.17) is 5.10 Å². The Hall–Kier alpha value is -2.29. The molecule has 4 rings (SSSR count). The fraction of sp³-hybridized carbons (Fsp3) is 0.435. The number of fused-ring (bicyclic) bond motifs is 6. The van der Waals surface area contributed by atoms with Gasteiger partial charge in [0.1, 0.15) is 6.67 Å². The first-order chi connectivity index (χ1) is 12.4. The van der Waals surface area contributed by atoms with Crippen molar-refractivity contribution in [3.8, 4) is 11.1 Å². The summed E-state index contributed by atoms with van der Waals surface area (Å²) in [5, 5.41) is 7.17. The minimum Gasteiger partial charge on any atom is -0.304 e. The first-order valence-electron chi connectivity index (χ1n) is 9.78. The molecule has 0 fully saturated rings. The third kappa shape index (κ3) is 2.61. The highest BCUT2D eigenvalue weighted by Gasteiger charge is 2.34. The summed E-state index contributed by atoms with van der Waals surface area (Å²) in [5.74, 6) is 2.14. The summed E-state index contributed by atoms with van der Waals surface area (Å²) in [6.07, 6.45) is 0. The minimum absolute atomic E-state index is 0.392. The lowest BCUT2D eigenvalue weighted by molar-refractivity contribution is 0.258. The zero-order valence-corrected chi connectivity index (χ0v) is 16.7. The van der Waals surface area contributed by atoms with Crippen molar-refractivity contribution in [3.05, 3.63) is 53.1 Å². The Morgan fingerprint density at radius 2 is 1.38 bits per heavy atom. The van der Waals surface area contributed by atoms with Crippen LogP contribution in [-0.2, 0) is 0 Å². The number of hydrogen-bond acceptors (Lipinski definition) is 3. The molecule has 0 spiro atoms. The van der Waals surface area contributed by atoms with Gasteiger partial charge < -0.3 is 4.90 Å². The van der Waals surface area contributed by atoms with Gasteiger partial charge in [-0.15, -0.1) is 0 Å². The van der Waals surface area contributed by atoms with Crippen molar-refractivity contribution in [2.75, 3.05) is 11.6 Å². The molecule has 0 amide bonds. The highest BCUT2D eigenvalue weighted by molar-refractivity contribution is 6.19. The number of amidine groups is 1. The molecular weight excluding hydrogens is 318 g/mol. The number of benzene rings is 2.